The van der Waals surface area contributed by atoms with Crippen molar-refractivity contribution in [1.82, 2.24) is 9.97 Å². The zero-order valence-corrected chi connectivity index (χ0v) is 18.5. The largest absolute Gasteiger partial charge is 0.348 e. The van der Waals surface area contributed by atoms with Gasteiger partial charge in [-0.3, -0.25) is 0 Å². The number of nitrogens with one attached hydrogen (secondary N) is 2. The van der Waals surface area contributed by atoms with E-state index in [0.717, 1.165) is 10.5 Å². The van der Waals surface area contributed by atoms with Gasteiger partial charge in [0.1, 0.15) is 11.6 Å². The van der Waals surface area contributed by atoms with E-state index >= 15 is 0 Å². The molecule has 0 aliphatic rings. The van der Waals surface area contributed by atoms with Crippen LogP contribution in [0, 0.1) is 5.82 Å². The lowest BCUT2D eigenvalue weighted by Crippen LogP contribution is -2.32. The van der Waals surface area contributed by atoms with E-state index in [2.05, 4.69) is 20.6 Å². The molecule has 1 aromatic heterocycles. The summed E-state index contributed by atoms with van der Waals surface area (Å²) >= 11 is 6.19. The minimum atomic E-state index is -0.617. The molecule has 0 radical (unpaired) electrons. The van der Waals surface area contributed by atoms with Crippen molar-refractivity contribution in [3.8, 4) is 0 Å². The maximum atomic E-state index is 14.7. The molecule has 0 fully saturated rings. The topological polar surface area (TPSA) is 70.2 Å². The highest BCUT2D eigenvalue weighted by Gasteiger charge is 2.24. The zero-order valence-electron chi connectivity index (χ0n) is 17.7. The molecule has 4 aromatic rings. The minimum absolute atomic E-state index is 0.0443. The Morgan fingerprint density at radius 1 is 0.970 bits per heavy atom. The molecule has 0 spiro atoms. The van der Waals surface area contributed by atoms with Gasteiger partial charge in [-0.05, 0) is 36.8 Å². The number of nitrogens with zero attached hydrogens (tertiary/aromatic N) is 3. The number of benzene rings is 3. The zero-order chi connectivity index (χ0) is 23.2. The van der Waals surface area contributed by atoms with Crippen LogP contribution in [0.25, 0.3) is 0 Å². The Hall–Kier alpha value is -3.97. The third kappa shape index (κ3) is 5.27. The second-order valence-electron chi connectivity index (χ2n) is 7.21. The molecule has 8 heteroatoms. The van der Waals surface area contributed by atoms with Gasteiger partial charge in [-0.25, -0.2) is 19.1 Å². The van der Waals surface area contributed by atoms with Crippen LogP contribution in [0.5, 0.6) is 0 Å². The number of carbonyl (C=O) groups excluding carboxylic acids is 1. The Morgan fingerprint density at radius 2 is 1.67 bits per heavy atom. The minimum Gasteiger partial charge on any atom is -0.348 e. The molecule has 166 valence electrons. The number of anilines is 4. The monoisotopic (exact) mass is 461 g/mol. The number of halogens is 2. The van der Waals surface area contributed by atoms with E-state index in [-0.39, 0.29) is 17.5 Å². The van der Waals surface area contributed by atoms with Crippen molar-refractivity contribution in [2.24, 2.45) is 0 Å². The maximum absolute atomic E-state index is 14.7. The average molecular weight is 462 g/mol. The van der Waals surface area contributed by atoms with Gasteiger partial charge in [0.2, 0.25) is 5.95 Å². The smallest absolute Gasteiger partial charge is 0.332 e. The van der Waals surface area contributed by atoms with Crippen molar-refractivity contribution < 1.29 is 9.18 Å². The predicted octanol–water partition coefficient (Wildman–Crippen LogP) is 6.81. The summed E-state index contributed by atoms with van der Waals surface area (Å²) in [6.45, 7) is 1.98. The molecule has 2 amide bonds. The lowest BCUT2D eigenvalue weighted by atomic mass is 10.1. The normalized spacial score (nSPS) is 11.5. The van der Waals surface area contributed by atoms with E-state index < -0.39 is 11.8 Å². The van der Waals surface area contributed by atoms with E-state index in [1.54, 1.807) is 36.4 Å². The van der Waals surface area contributed by atoms with E-state index in [4.69, 9.17) is 11.6 Å². The van der Waals surface area contributed by atoms with Gasteiger partial charge in [-0.2, -0.15) is 4.98 Å². The molecule has 0 unspecified atom stereocenters. The molecule has 3 aromatic carbocycles. The summed E-state index contributed by atoms with van der Waals surface area (Å²) < 4.78 is 14.7. The number of hydrogen-bond acceptors (Lipinski definition) is 4. The Balaban J connectivity index is 1.67. The van der Waals surface area contributed by atoms with Crippen LogP contribution in [0.15, 0.2) is 91.1 Å². The third-order valence-electron chi connectivity index (χ3n) is 4.93. The van der Waals surface area contributed by atoms with Gasteiger partial charge < -0.3 is 10.6 Å². The van der Waals surface area contributed by atoms with Crippen molar-refractivity contribution in [3.63, 3.8) is 0 Å². The molecule has 1 heterocycles. The molecule has 0 saturated carbocycles. The second kappa shape index (κ2) is 10.1. The van der Waals surface area contributed by atoms with Crippen LogP contribution in [0.2, 0.25) is 5.02 Å². The van der Waals surface area contributed by atoms with Gasteiger partial charge in [0.05, 0.1) is 22.4 Å². The van der Waals surface area contributed by atoms with E-state index in [1.807, 2.05) is 37.3 Å². The molecular weight excluding hydrogens is 441 g/mol. The van der Waals surface area contributed by atoms with Crippen molar-refractivity contribution in [1.29, 1.82) is 0 Å². The second-order valence-corrected chi connectivity index (χ2v) is 7.62. The van der Waals surface area contributed by atoms with Gasteiger partial charge in [0, 0.05) is 12.3 Å². The van der Waals surface area contributed by atoms with Gasteiger partial charge in [0.15, 0.2) is 0 Å². The van der Waals surface area contributed by atoms with Crippen LogP contribution in [-0.4, -0.2) is 16.0 Å². The van der Waals surface area contributed by atoms with E-state index in [9.17, 15) is 9.18 Å². The first-order valence-corrected chi connectivity index (χ1v) is 10.7. The van der Waals surface area contributed by atoms with Crippen molar-refractivity contribution in [3.05, 3.63) is 108 Å². The van der Waals surface area contributed by atoms with Crippen LogP contribution in [0.1, 0.15) is 18.5 Å². The molecule has 6 nitrogen and oxygen atoms in total. The highest BCUT2D eigenvalue weighted by molar-refractivity contribution is 6.33. The summed E-state index contributed by atoms with van der Waals surface area (Å²) in [5, 5.41) is 6.31. The number of hydrogen-bond donors (Lipinski definition) is 2. The molecule has 0 saturated heterocycles. The van der Waals surface area contributed by atoms with Crippen LogP contribution in [0.4, 0.5) is 32.3 Å². The van der Waals surface area contributed by atoms with E-state index in [1.165, 1.54) is 24.4 Å². The number of carbonyl (C=O) groups is 1. The first kappa shape index (κ1) is 22.2. The fourth-order valence-electron chi connectivity index (χ4n) is 3.27. The van der Waals surface area contributed by atoms with Crippen LogP contribution < -0.4 is 15.5 Å². The molecule has 0 aliphatic heterocycles. The highest BCUT2D eigenvalue weighted by atomic mass is 35.5. The van der Waals surface area contributed by atoms with Crippen LogP contribution in [0.3, 0.4) is 0 Å². The highest BCUT2D eigenvalue weighted by Crippen LogP contribution is 2.29. The fourth-order valence-corrected chi connectivity index (χ4v) is 3.45. The lowest BCUT2D eigenvalue weighted by molar-refractivity contribution is 0.258. The SMILES string of the molecule is C[C@H](Nc1nccc(N(C(=O)Nc2ccccc2Cl)c2ccccc2F)n1)c1ccccc1. The van der Waals surface area contributed by atoms with Gasteiger partial charge in [0.25, 0.3) is 0 Å². The Kier molecular flexibility index (Phi) is 6.80. The quantitative estimate of drug-likeness (QED) is 0.331. The first-order valence-electron chi connectivity index (χ1n) is 10.3. The van der Waals surface area contributed by atoms with Crippen molar-refractivity contribution in [2.45, 2.75) is 13.0 Å². The third-order valence-corrected chi connectivity index (χ3v) is 5.26. The molecule has 4 rings (SSSR count). The van der Waals surface area contributed by atoms with Gasteiger partial charge >= 0.3 is 6.03 Å². The summed E-state index contributed by atoms with van der Waals surface area (Å²) in [5.74, 6) is -0.0734. The molecule has 2 N–H and O–H groups in total. The Bertz CT molecular complexity index is 1250. The average Bonchev–Trinajstić information content (AvgIpc) is 2.83. The van der Waals surface area contributed by atoms with Crippen LogP contribution >= 0.6 is 11.6 Å². The molecule has 1 atom stereocenters. The number of urea groups is 1. The number of rotatable bonds is 6. The molecule has 0 aliphatic carbocycles. The maximum Gasteiger partial charge on any atom is 0.332 e. The van der Waals surface area contributed by atoms with Crippen LogP contribution in [-0.2, 0) is 0 Å². The lowest BCUT2D eigenvalue weighted by Gasteiger charge is -2.24. The molecule has 0 bridgehead atoms. The predicted molar refractivity (Wildman–Crippen MR) is 130 cm³/mol. The summed E-state index contributed by atoms with van der Waals surface area (Å²) in [6.07, 6.45) is 1.51. The standard InChI is InChI=1S/C25H21ClFN5O/c1-17(18-9-3-2-4-10-18)29-24-28-16-15-23(31-24)32(22-14-8-6-12-20(22)27)25(33)30-21-13-7-5-11-19(21)26/h2-17H,1H3,(H,30,33)(H,28,29,31)/t17-/m0/s1. The fraction of sp³-hybridized carbons (Fsp3) is 0.0800. The van der Waals surface area contributed by atoms with Crippen molar-refractivity contribution in [2.75, 3.05) is 15.5 Å². The molecule has 33 heavy (non-hydrogen) atoms. The summed E-state index contributed by atoms with van der Waals surface area (Å²) in [4.78, 5) is 23.2. The summed E-state index contributed by atoms with van der Waals surface area (Å²) in [7, 11) is 0. The number of aromatic nitrogens is 2. The van der Waals surface area contributed by atoms with Gasteiger partial charge in [-0.1, -0.05) is 66.2 Å². The number of para-hydroxylation sites is 2. The summed E-state index contributed by atoms with van der Waals surface area (Å²) in [6, 6.07) is 23.5. The first-order chi connectivity index (χ1) is 16.0. The van der Waals surface area contributed by atoms with Crippen molar-refractivity contribution >= 4 is 40.8 Å². The summed E-state index contributed by atoms with van der Waals surface area (Å²) in [5.41, 5.74) is 1.49. The van der Waals surface area contributed by atoms with E-state index in [0.29, 0.717) is 16.7 Å². The number of amides is 2. The Labute approximate surface area is 196 Å². The Morgan fingerprint density at radius 3 is 2.42 bits per heavy atom. The van der Waals surface area contributed by atoms with Gasteiger partial charge in [-0.15, -0.1) is 0 Å². The molecular formula is C25H21ClFN5O.